The topological polar surface area (TPSA) is 35.0 Å². The largest absolute Gasteiger partial charge is 0.497 e. The Kier molecular flexibility index (Phi) is 4.15. The van der Waals surface area contributed by atoms with E-state index in [1.54, 1.807) is 13.3 Å². The maximum atomic E-state index is 5.79. The highest BCUT2D eigenvalue weighted by atomic mass is 35.5. The van der Waals surface area contributed by atoms with Crippen LogP contribution in [0.5, 0.6) is 5.75 Å². The fourth-order valence-corrected chi connectivity index (χ4v) is 1.98. The monoisotopic (exact) mass is 262 g/mol. The van der Waals surface area contributed by atoms with Crippen LogP contribution in [0, 0.1) is 6.92 Å². The normalized spacial score (nSPS) is 10.4. The SMILES string of the molecule is COc1cccc(Cc2ncc(CCl)c(C)n2)c1. The minimum Gasteiger partial charge on any atom is -0.497 e. The summed E-state index contributed by atoms with van der Waals surface area (Å²) in [7, 11) is 1.66. The highest BCUT2D eigenvalue weighted by Gasteiger charge is 2.04. The van der Waals surface area contributed by atoms with Crippen molar-refractivity contribution in [2.24, 2.45) is 0 Å². The summed E-state index contributed by atoms with van der Waals surface area (Å²) in [6.45, 7) is 1.95. The summed E-state index contributed by atoms with van der Waals surface area (Å²) in [5.41, 5.74) is 3.05. The summed E-state index contributed by atoms with van der Waals surface area (Å²) in [5.74, 6) is 2.10. The fourth-order valence-electron chi connectivity index (χ4n) is 1.72. The highest BCUT2D eigenvalue weighted by Crippen LogP contribution is 2.15. The molecule has 0 atom stereocenters. The first-order chi connectivity index (χ1) is 8.72. The number of hydrogen-bond donors (Lipinski definition) is 0. The van der Waals surface area contributed by atoms with Gasteiger partial charge in [0.15, 0.2) is 0 Å². The van der Waals surface area contributed by atoms with Gasteiger partial charge in [-0.2, -0.15) is 0 Å². The van der Waals surface area contributed by atoms with Crippen molar-refractivity contribution in [1.82, 2.24) is 9.97 Å². The zero-order valence-electron chi connectivity index (χ0n) is 10.5. The third-order valence-electron chi connectivity index (χ3n) is 2.77. The Morgan fingerprint density at radius 2 is 2.17 bits per heavy atom. The van der Waals surface area contributed by atoms with Crippen LogP contribution in [0.1, 0.15) is 22.6 Å². The van der Waals surface area contributed by atoms with Crippen LogP contribution < -0.4 is 4.74 Å². The summed E-state index contributed by atoms with van der Waals surface area (Å²) >= 11 is 5.79. The third-order valence-corrected chi connectivity index (χ3v) is 3.06. The number of ether oxygens (including phenoxy) is 1. The van der Waals surface area contributed by atoms with Crippen LogP contribution in [0.15, 0.2) is 30.5 Å². The molecular weight excluding hydrogens is 248 g/mol. The van der Waals surface area contributed by atoms with E-state index in [1.165, 1.54) is 0 Å². The van der Waals surface area contributed by atoms with Crippen molar-refractivity contribution < 1.29 is 4.74 Å². The molecule has 0 aliphatic rings. The number of methoxy groups -OCH3 is 1. The summed E-state index contributed by atoms with van der Waals surface area (Å²) in [5, 5.41) is 0. The molecule has 18 heavy (non-hydrogen) atoms. The molecule has 1 heterocycles. The van der Waals surface area contributed by atoms with E-state index in [2.05, 4.69) is 9.97 Å². The summed E-state index contributed by atoms with van der Waals surface area (Å²) in [4.78, 5) is 8.78. The van der Waals surface area contributed by atoms with Gasteiger partial charge in [-0.3, -0.25) is 0 Å². The van der Waals surface area contributed by atoms with Crippen LogP contribution in [-0.4, -0.2) is 17.1 Å². The van der Waals surface area contributed by atoms with E-state index in [9.17, 15) is 0 Å². The quantitative estimate of drug-likeness (QED) is 0.794. The Hall–Kier alpha value is -1.61. The first-order valence-electron chi connectivity index (χ1n) is 5.73. The van der Waals surface area contributed by atoms with Crippen LogP contribution in [-0.2, 0) is 12.3 Å². The smallest absolute Gasteiger partial charge is 0.132 e. The van der Waals surface area contributed by atoms with Gasteiger partial charge in [0, 0.05) is 23.9 Å². The molecule has 2 aromatic rings. The molecule has 0 amide bonds. The molecule has 0 saturated heterocycles. The van der Waals surface area contributed by atoms with Crippen molar-refractivity contribution in [2.45, 2.75) is 19.2 Å². The molecule has 0 spiro atoms. The van der Waals surface area contributed by atoms with E-state index in [1.807, 2.05) is 31.2 Å². The van der Waals surface area contributed by atoms with Crippen LogP contribution in [0.25, 0.3) is 0 Å². The van der Waals surface area contributed by atoms with E-state index in [0.717, 1.165) is 28.4 Å². The number of hydrogen-bond acceptors (Lipinski definition) is 3. The number of alkyl halides is 1. The van der Waals surface area contributed by atoms with Gasteiger partial charge in [-0.1, -0.05) is 12.1 Å². The molecule has 0 aliphatic carbocycles. The molecule has 3 nitrogen and oxygen atoms in total. The lowest BCUT2D eigenvalue weighted by atomic mass is 10.1. The lowest BCUT2D eigenvalue weighted by Gasteiger charge is -2.06. The summed E-state index contributed by atoms with van der Waals surface area (Å²) in [6, 6.07) is 7.92. The van der Waals surface area contributed by atoms with Gasteiger partial charge in [-0.05, 0) is 24.6 Å². The number of nitrogens with zero attached hydrogens (tertiary/aromatic N) is 2. The lowest BCUT2D eigenvalue weighted by molar-refractivity contribution is 0.414. The Balaban J connectivity index is 2.20. The van der Waals surface area contributed by atoms with Gasteiger partial charge in [0.2, 0.25) is 0 Å². The average Bonchev–Trinajstić information content (AvgIpc) is 2.39. The maximum absolute atomic E-state index is 5.79. The minimum absolute atomic E-state index is 0.450. The van der Waals surface area contributed by atoms with E-state index in [0.29, 0.717) is 12.3 Å². The van der Waals surface area contributed by atoms with Gasteiger partial charge >= 0.3 is 0 Å². The van der Waals surface area contributed by atoms with Gasteiger partial charge in [0.1, 0.15) is 11.6 Å². The van der Waals surface area contributed by atoms with Crippen molar-refractivity contribution in [3.63, 3.8) is 0 Å². The standard InChI is InChI=1S/C14H15ClN2O/c1-10-12(8-15)9-16-14(17-10)7-11-4-3-5-13(6-11)18-2/h3-6,9H,7-8H2,1-2H3. The van der Waals surface area contributed by atoms with Crippen LogP contribution in [0.4, 0.5) is 0 Å². The van der Waals surface area contributed by atoms with E-state index in [-0.39, 0.29) is 0 Å². The van der Waals surface area contributed by atoms with Crippen LogP contribution in [0.3, 0.4) is 0 Å². The van der Waals surface area contributed by atoms with Gasteiger partial charge in [-0.15, -0.1) is 11.6 Å². The van der Waals surface area contributed by atoms with E-state index < -0.39 is 0 Å². The van der Waals surface area contributed by atoms with Crippen LogP contribution in [0.2, 0.25) is 0 Å². The van der Waals surface area contributed by atoms with Gasteiger partial charge in [0.25, 0.3) is 0 Å². The van der Waals surface area contributed by atoms with Gasteiger partial charge in [0.05, 0.1) is 13.0 Å². The Labute approximate surface area is 112 Å². The second-order valence-electron chi connectivity index (χ2n) is 4.06. The van der Waals surface area contributed by atoms with Gasteiger partial charge in [-0.25, -0.2) is 9.97 Å². The number of aromatic nitrogens is 2. The molecule has 0 N–H and O–H groups in total. The highest BCUT2D eigenvalue weighted by molar-refractivity contribution is 6.17. The van der Waals surface area contributed by atoms with E-state index >= 15 is 0 Å². The molecule has 0 fully saturated rings. The van der Waals surface area contributed by atoms with Crippen LogP contribution >= 0.6 is 11.6 Å². The summed E-state index contributed by atoms with van der Waals surface area (Å²) < 4.78 is 5.19. The molecule has 0 aliphatic heterocycles. The zero-order valence-corrected chi connectivity index (χ0v) is 11.2. The number of benzene rings is 1. The third kappa shape index (κ3) is 2.99. The number of halogens is 1. The number of rotatable bonds is 4. The molecule has 1 aromatic carbocycles. The maximum Gasteiger partial charge on any atom is 0.132 e. The van der Waals surface area contributed by atoms with Crippen molar-refractivity contribution in [3.8, 4) is 5.75 Å². The molecule has 1 aromatic heterocycles. The Morgan fingerprint density at radius 3 is 2.83 bits per heavy atom. The second-order valence-corrected chi connectivity index (χ2v) is 4.33. The first-order valence-corrected chi connectivity index (χ1v) is 6.26. The average molecular weight is 263 g/mol. The molecule has 0 saturated carbocycles. The molecule has 4 heteroatoms. The van der Waals surface area contributed by atoms with Crippen molar-refractivity contribution >= 4 is 11.6 Å². The van der Waals surface area contributed by atoms with Crippen molar-refractivity contribution in [2.75, 3.05) is 7.11 Å². The molecule has 94 valence electrons. The zero-order chi connectivity index (χ0) is 13.0. The number of aryl methyl sites for hydroxylation is 1. The van der Waals surface area contributed by atoms with Crippen molar-refractivity contribution in [3.05, 3.63) is 53.1 Å². The molecule has 0 bridgehead atoms. The first kappa shape index (κ1) is 12.8. The second kappa shape index (κ2) is 5.83. The Morgan fingerprint density at radius 1 is 1.33 bits per heavy atom. The minimum atomic E-state index is 0.450. The fraction of sp³-hybridized carbons (Fsp3) is 0.286. The summed E-state index contributed by atoms with van der Waals surface area (Å²) in [6.07, 6.45) is 2.49. The lowest BCUT2D eigenvalue weighted by Crippen LogP contribution is -2.01. The molecule has 0 radical (unpaired) electrons. The molecule has 2 rings (SSSR count). The Bertz CT molecular complexity index is 543. The molecular formula is C14H15ClN2O. The van der Waals surface area contributed by atoms with Gasteiger partial charge < -0.3 is 4.74 Å². The van der Waals surface area contributed by atoms with Crippen molar-refractivity contribution in [1.29, 1.82) is 0 Å². The predicted octanol–water partition coefficient (Wildman–Crippen LogP) is 3.12. The van der Waals surface area contributed by atoms with E-state index in [4.69, 9.17) is 16.3 Å². The molecule has 0 unspecified atom stereocenters. The predicted molar refractivity (Wildman–Crippen MR) is 72.1 cm³/mol.